The smallest absolute Gasteiger partial charge is 0.0742 e. The largest absolute Gasteiger partial charge is 0.264 e. The number of halogens is 1. The molecular weight excluding hydrogens is 340 g/mol. The Morgan fingerprint density at radius 1 is 0.615 bits per heavy atom. The van der Waals surface area contributed by atoms with E-state index in [0.717, 1.165) is 5.02 Å². The molecule has 0 fully saturated rings. The van der Waals surface area contributed by atoms with Crippen LogP contribution in [-0.4, -0.2) is 9.97 Å². The molecule has 2 aliphatic carbocycles. The molecule has 2 aliphatic rings. The van der Waals surface area contributed by atoms with Gasteiger partial charge in [0, 0.05) is 35.4 Å². The van der Waals surface area contributed by atoms with Gasteiger partial charge in [-0.15, -0.1) is 0 Å². The summed E-state index contributed by atoms with van der Waals surface area (Å²) >= 11 is 6.45. The Labute approximate surface area is 156 Å². The van der Waals surface area contributed by atoms with E-state index in [1.807, 2.05) is 30.9 Å². The lowest BCUT2D eigenvalue weighted by atomic mass is 9.71. The summed E-state index contributed by atoms with van der Waals surface area (Å²) < 4.78 is 0. The van der Waals surface area contributed by atoms with Gasteiger partial charge in [0.1, 0.15) is 0 Å². The minimum Gasteiger partial charge on any atom is -0.264 e. The highest BCUT2D eigenvalue weighted by Crippen LogP contribution is 2.62. The summed E-state index contributed by atoms with van der Waals surface area (Å²) in [6, 6.07) is 19.1. The van der Waals surface area contributed by atoms with Crippen LogP contribution in [0.1, 0.15) is 22.3 Å². The minimum atomic E-state index is -0.376. The van der Waals surface area contributed by atoms with Crippen molar-refractivity contribution in [3.63, 3.8) is 0 Å². The number of rotatable bonds is 0. The monoisotopic (exact) mass is 352 g/mol. The predicted molar refractivity (Wildman–Crippen MR) is 103 cm³/mol. The average molecular weight is 353 g/mol. The fraction of sp³-hybridized carbons (Fsp3) is 0.0435. The van der Waals surface area contributed by atoms with Gasteiger partial charge in [0.05, 0.1) is 5.41 Å². The Hall–Kier alpha value is -2.97. The third kappa shape index (κ3) is 1.50. The van der Waals surface area contributed by atoms with Crippen LogP contribution in [0.3, 0.4) is 0 Å². The van der Waals surface area contributed by atoms with Crippen LogP contribution >= 0.6 is 11.6 Å². The Balaban J connectivity index is 1.88. The first-order valence-electron chi connectivity index (χ1n) is 8.61. The molecule has 3 heteroatoms. The standard InChI is InChI=1S/C23H13ClN2/c24-14-5-6-16-17-7-9-26-13-22(17)23(21(16)11-14)19-4-2-1-3-15(19)18-12-25-10-8-20(18)23/h1-13H. The van der Waals surface area contributed by atoms with Gasteiger partial charge in [-0.1, -0.05) is 41.9 Å². The molecule has 2 nitrogen and oxygen atoms in total. The molecule has 0 bridgehead atoms. The maximum Gasteiger partial charge on any atom is 0.0742 e. The molecule has 0 N–H and O–H groups in total. The number of hydrogen-bond acceptors (Lipinski definition) is 2. The lowest BCUT2D eigenvalue weighted by Gasteiger charge is -2.29. The van der Waals surface area contributed by atoms with Crippen molar-refractivity contribution in [1.82, 2.24) is 9.97 Å². The quantitative estimate of drug-likeness (QED) is 0.362. The maximum atomic E-state index is 6.45. The predicted octanol–water partition coefficient (Wildman–Crippen LogP) is 5.47. The van der Waals surface area contributed by atoms with Crippen molar-refractivity contribution < 1.29 is 0 Å². The zero-order chi connectivity index (χ0) is 17.3. The van der Waals surface area contributed by atoms with Crippen molar-refractivity contribution in [2.24, 2.45) is 0 Å². The molecule has 1 unspecified atom stereocenters. The summed E-state index contributed by atoms with van der Waals surface area (Å²) in [6.45, 7) is 0. The normalized spacial score (nSPS) is 18.3. The third-order valence-corrected chi connectivity index (χ3v) is 5.98. The van der Waals surface area contributed by atoms with E-state index < -0.39 is 0 Å². The number of nitrogens with zero attached hydrogens (tertiary/aromatic N) is 2. The van der Waals surface area contributed by atoms with Crippen LogP contribution in [0.4, 0.5) is 0 Å². The van der Waals surface area contributed by atoms with Gasteiger partial charge < -0.3 is 0 Å². The summed E-state index contributed by atoms with van der Waals surface area (Å²) in [5.74, 6) is 0. The van der Waals surface area contributed by atoms with E-state index in [9.17, 15) is 0 Å². The SMILES string of the molecule is Clc1ccc2c(c1)C1(c3ccccc3-c3cnccc31)c1cnccc1-2. The average Bonchev–Trinajstić information content (AvgIpc) is 3.15. The minimum absolute atomic E-state index is 0.376. The second kappa shape index (κ2) is 4.80. The van der Waals surface area contributed by atoms with E-state index in [0.29, 0.717) is 0 Å². The number of fused-ring (bicyclic) bond motifs is 10. The number of hydrogen-bond donors (Lipinski definition) is 0. The zero-order valence-corrected chi connectivity index (χ0v) is 14.5. The van der Waals surface area contributed by atoms with Crippen LogP contribution in [0.5, 0.6) is 0 Å². The van der Waals surface area contributed by atoms with Crippen molar-refractivity contribution >= 4 is 11.6 Å². The summed E-state index contributed by atoms with van der Waals surface area (Å²) in [6.07, 6.45) is 7.73. The highest BCUT2D eigenvalue weighted by atomic mass is 35.5. The molecule has 26 heavy (non-hydrogen) atoms. The van der Waals surface area contributed by atoms with Crippen molar-refractivity contribution in [2.45, 2.75) is 5.41 Å². The van der Waals surface area contributed by atoms with Gasteiger partial charge in [0.25, 0.3) is 0 Å². The second-order valence-corrected chi connectivity index (χ2v) is 7.26. The molecule has 1 spiro atoms. The molecule has 6 rings (SSSR count). The van der Waals surface area contributed by atoms with Gasteiger partial charge in [0.15, 0.2) is 0 Å². The third-order valence-electron chi connectivity index (χ3n) is 5.75. The number of benzene rings is 2. The maximum absolute atomic E-state index is 6.45. The Bertz CT molecular complexity index is 1150. The Kier molecular flexibility index (Phi) is 2.63. The zero-order valence-electron chi connectivity index (χ0n) is 13.8. The molecule has 2 aromatic carbocycles. The lowest BCUT2D eigenvalue weighted by Crippen LogP contribution is -2.26. The van der Waals surface area contributed by atoms with E-state index in [4.69, 9.17) is 11.6 Å². The number of aromatic nitrogens is 2. The van der Waals surface area contributed by atoms with Crippen LogP contribution in [-0.2, 0) is 5.41 Å². The molecule has 2 heterocycles. The molecule has 0 amide bonds. The molecule has 0 aliphatic heterocycles. The molecule has 0 saturated heterocycles. The van der Waals surface area contributed by atoms with E-state index in [1.165, 1.54) is 44.5 Å². The van der Waals surface area contributed by atoms with E-state index in [1.54, 1.807) is 0 Å². The molecule has 1 atom stereocenters. The van der Waals surface area contributed by atoms with Gasteiger partial charge in [-0.3, -0.25) is 9.97 Å². The number of pyridine rings is 2. The highest BCUT2D eigenvalue weighted by Gasteiger charge is 2.51. The van der Waals surface area contributed by atoms with Gasteiger partial charge in [-0.25, -0.2) is 0 Å². The first kappa shape index (κ1) is 14.2. The fourth-order valence-corrected chi connectivity index (χ4v) is 5.01. The van der Waals surface area contributed by atoms with Gasteiger partial charge >= 0.3 is 0 Å². The molecule has 4 aromatic rings. The van der Waals surface area contributed by atoms with Crippen LogP contribution in [0.2, 0.25) is 5.02 Å². The molecule has 122 valence electrons. The van der Waals surface area contributed by atoms with Crippen LogP contribution in [0, 0.1) is 0 Å². The Morgan fingerprint density at radius 2 is 1.35 bits per heavy atom. The fourth-order valence-electron chi connectivity index (χ4n) is 4.84. The van der Waals surface area contributed by atoms with Crippen molar-refractivity contribution in [3.05, 3.63) is 107 Å². The molecule has 2 aromatic heterocycles. The molecule has 0 radical (unpaired) electrons. The summed E-state index contributed by atoms with van der Waals surface area (Å²) in [5.41, 5.74) is 9.47. The first-order valence-corrected chi connectivity index (χ1v) is 8.99. The topological polar surface area (TPSA) is 25.8 Å². The van der Waals surface area contributed by atoms with Crippen molar-refractivity contribution in [3.8, 4) is 22.3 Å². The van der Waals surface area contributed by atoms with E-state index in [-0.39, 0.29) is 5.41 Å². The summed E-state index contributed by atoms with van der Waals surface area (Å²) in [5, 5.41) is 0.754. The first-order chi connectivity index (χ1) is 12.8. The van der Waals surface area contributed by atoms with Gasteiger partial charge in [0.2, 0.25) is 0 Å². The lowest BCUT2D eigenvalue weighted by molar-refractivity contribution is 0.787. The van der Waals surface area contributed by atoms with Crippen molar-refractivity contribution in [2.75, 3.05) is 0 Å². The van der Waals surface area contributed by atoms with Gasteiger partial charge in [-0.05, 0) is 63.2 Å². The van der Waals surface area contributed by atoms with Crippen molar-refractivity contribution in [1.29, 1.82) is 0 Å². The van der Waals surface area contributed by atoms with E-state index in [2.05, 4.69) is 58.5 Å². The molecular formula is C23H13ClN2. The second-order valence-electron chi connectivity index (χ2n) is 6.83. The van der Waals surface area contributed by atoms with Crippen LogP contribution in [0.25, 0.3) is 22.3 Å². The van der Waals surface area contributed by atoms with E-state index >= 15 is 0 Å². The van der Waals surface area contributed by atoms with Gasteiger partial charge in [-0.2, -0.15) is 0 Å². The van der Waals surface area contributed by atoms with Crippen LogP contribution in [0.15, 0.2) is 79.4 Å². The highest BCUT2D eigenvalue weighted by molar-refractivity contribution is 6.30. The summed E-state index contributed by atoms with van der Waals surface area (Å²) in [4.78, 5) is 8.88. The molecule has 0 saturated carbocycles. The summed E-state index contributed by atoms with van der Waals surface area (Å²) in [7, 11) is 0. The Morgan fingerprint density at radius 3 is 2.31 bits per heavy atom. The van der Waals surface area contributed by atoms with Crippen LogP contribution < -0.4 is 0 Å².